The first-order chi connectivity index (χ1) is 10.5. The van der Waals surface area contributed by atoms with Gasteiger partial charge < -0.3 is 10.0 Å². The number of rotatable bonds is 12. The Labute approximate surface area is 133 Å². The topological polar surface area (TPSA) is 93.5 Å². The molecule has 6 nitrogen and oxygen atoms in total. The van der Waals surface area contributed by atoms with Gasteiger partial charge in [0.05, 0.1) is 0 Å². The van der Waals surface area contributed by atoms with E-state index in [0.29, 0.717) is 6.42 Å². The number of nitrogens with one attached hydrogen (secondary N) is 2. The minimum Gasteiger partial charge on any atom is -0.480 e. The number of carbonyl (C=O) groups is 2. The Morgan fingerprint density at radius 2 is 1.50 bits per heavy atom. The summed E-state index contributed by atoms with van der Waals surface area (Å²) in [5.74, 6) is -1.41. The van der Waals surface area contributed by atoms with Gasteiger partial charge in [-0.15, -0.1) is 0 Å². The zero-order valence-corrected chi connectivity index (χ0v) is 14.0. The SMILES string of the molecule is CCCCCCCCCCCC(=O)NC(=N)N(C)CC(=O)O. The summed E-state index contributed by atoms with van der Waals surface area (Å²) in [7, 11) is 1.47. The van der Waals surface area contributed by atoms with Crippen LogP contribution in [0.1, 0.15) is 71.1 Å². The molecule has 0 aromatic heterocycles. The van der Waals surface area contributed by atoms with Gasteiger partial charge in [-0.3, -0.25) is 20.3 Å². The number of carboxylic acid groups (broad SMARTS) is 1. The van der Waals surface area contributed by atoms with E-state index in [9.17, 15) is 9.59 Å². The molecule has 1 amide bonds. The van der Waals surface area contributed by atoms with Crippen LogP contribution in [0.15, 0.2) is 0 Å². The lowest BCUT2D eigenvalue weighted by Crippen LogP contribution is -2.43. The van der Waals surface area contributed by atoms with E-state index < -0.39 is 5.97 Å². The fourth-order valence-corrected chi connectivity index (χ4v) is 2.17. The molecule has 0 rings (SSSR count). The third-order valence-electron chi connectivity index (χ3n) is 3.52. The lowest BCUT2D eigenvalue weighted by molar-refractivity contribution is -0.137. The number of guanidine groups is 1. The van der Waals surface area contributed by atoms with E-state index in [-0.39, 0.29) is 18.4 Å². The maximum absolute atomic E-state index is 11.6. The standard InChI is InChI=1S/C16H31N3O3/c1-3-4-5-6-7-8-9-10-11-12-14(20)18-16(17)19(2)13-15(21)22/h3-13H2,1-2H3,(H,21,22)(H2,17,18,20). The van der Waals surface area contributed by atoms with Gasteiger partial charge >= 0.3 is 5.97 Å². The number of likely N-dealkylation sites (N-methyl/N-ethyl adjacent to an activating group) is 1. The summed E-state index contributed by atoms with van der Waals surface area (Å²) in [5.41, 5.74) is 0. The summed E-state index contributed by atoms with van der Waals surface area (Å²) >= 11 is 0. The Hall–Kier alpha value is -1.59. The van der Waals surface area contributed by atoms with Crippen molar-refractivity contribution in [2.24, 2.45) is 0 Å². The van der Waals surface area contributed by atoms with Crippen molar-refractivity contribution in [3.63, 3.8) is 0 Å². The van der Waals surface area contributed by atoms with Crippen molar-refractivity contribution < 1.29 is 14.7 Å². The van der Waals surface area contributed by atoms with Crippen LogP contribution < -0.4 is 5.32 Å². The van der Waals surface area contributed by atoms with Crippen molar-refractivity contribution in [3.05, 3.63) is 0 Å². The minimum atomic E-state index is -1.03. The highest BCUT2D eigenvalue weighted by molar-refractivity contribution is 5.96. The fourth-order valence-electron chi connectivity index (χ4n) is 2.17. The zero-order valence-electron chi connectivity index (χ0n) is 14.0. The van der Waals surface area contributed by atoms with Crippen LogP contribution in [0.3, 0.4) is 0 Å². The van der Waals surface area contributed by atoms with Gasteiger partial charge in [-0.25, -0.2) is 0 Å². The largest absolute Gasteiger partial charge is 0.480 e. The number of hydrogen-bond acceptors (Lipinski definition) is 3. The Morgan fingerprint density at radius 3 is 2.00 bits per heavy atom. The Kier molecular flexibility index (Phi) is 12.2. The predicted molar refractivity (Wildman–Crippen MR) is 88.0 cm³/mol. The van der Waals surface area contributed by atoms with E-state index in [1.807, 2.05) is 0 Å². The Bertz CT molecular complexity index is 346. The smallest absolute Gasteiger partial charge is 0.323 e. The molecule has 0 unspecified atom stereocenters. The van der Waals surface area contributed by atoms with E-state index in [0.717, 1.165) is 19.3 Å². The molecule has 0 aliphatic heterocycles. The van der Waals surface area contributed by atoms with Crippen molar-refractivity contribution >= 4 is 17.8 Å². The van der Waals surface area contributed by atoms with Crippen molar-refractivity contribution in [1.82, 2.24) is 10.2 Å². The molecular weight excluding hydrogens is 282 g/mol. The second-order valence-electron chi connectivity index (χ2n) is 5.73. The maximum atomic E-state index is 11.6. The first-order valence-corrected chi connectivity index (χ1v) is 8.28. The molecule has 0 aromatic carbocycles. The predicted octanol–water partition coefficient (Wildman–Crippen LogP) is 2.97. The number of carbonyl (C=O) groups excluding carboxylic acids is 1. The van der Waals surface area contributed by atoms with Crippen LogP contribution in [-0.2, 0) is 9.59 Å². The highest BCUT2D eigenvalue weighted by atomic mass is 16.4. The highest BCUT2D eigenvalue weighted by Crippen LogP contribution is 2.10. The quantitative estimate of drug-likeness (QED) is 0.293. The number of nitrogens with zero attached hydrogens (tertiary/aromatic N) is 1. The van der Waals surface area contributed by atoms with Crippen LogP contribution in [0.4, 0.5) is 0 Å². The molecule has 6 heteroatoms. The number of aliphatic carboxylic acids is 1. The molecule has 0 aliphatic carbocycles. The summed E-state index contributed by atoms with van der Waals surface area (Å²) in [6.07, 6.45) is 11.1. The van der Waals surface area contributed by atoms with Gasteiger partial charge in [0.15, 0.2) is 5.96 Å². The lowest BCUT2D eigenvalue weighted by atomic mass is 10.1. The van der Waals surface area contributed by atoms with E-state index in [1.54, 1.807) is 0 Å². The average molecular weight is 313 g/mol. The van der Waals surface area contributed by atoms with Gasteiger partial charge in [0.2, 0.25) is 5.91 Å². The van der Waals surface area contributed by atoms with Crippen molar-refractivity contribution in [1.29, 1.82) is 5.41 Å². The van der Waals surface area contributed by atoms with Gasteiger partial charge in [-0.05, 0) is 6.42 Å². The second-order valence-corrected chi connectivity index (χ2v) is 5.73. The van der Waals surface area contributed by atoms with Crippen LogP contribution in [-0.4, -0.2) is 41.4 Å². The minimum absolute atomic E-state index is 0.164. The molecule has 0 saturated carbocycles. The number of hydrogen-bond donors (Lipinski definition) is 3. The molecule has 0 spiro atoms. The third kappa shape index (κ3) is 12.2. The van der Waals surface area contributed by atoms with E-state index in [4.69, 9.17) is 10.5 Å². The maximum Gasteiger partial charge on any atom is 0.323 e. The van der Waals surface area contributed by atoms with E-state index in [2.05, 4.69) is 12.2 Å². The molecule has 3 N–H and O–H groups in total. The molecule has 0 aromatic rings. The van der Waals surface area contributed by atoms with Crippen LogP contribution in [0.25, 0.3) is 0 Å². The van der Waals surface area contributed by atoms with Crippen LogP contribution in [0.2, 0.25) is 0 Å². The Morgan fingerprint density at radius 1 is 1.00 bits per heavy atom. The van der Waals surface area contributed by atoms with Crippen LogP contribution in [0.5, 0.6) is 0 Å². The van der Waals surface area contributed by atoms with Gasteiger partial charge in [-0.2, -0.15) is 0 Å². The number of amides is 1. The first kappa shape index (κ1) is 20.4. The van der Waals surface area contributed by atoms with Crippen molar-refractivity contribution in [2.75, 3.05) is 13.6 Å². The number of unbranched alkanes of at least 4 members (excludes halogenated alkanes) is 8. The van der Waals surface area contributed by atoms with Gasteiger partial charge in [0.25, 0.3) is 0 Å². The second kappa shape index (κ2) is 13.1. The van der Waals surface area contributed by atoms with Gasteiger partial charge in [0.1, 0.15) is 6.54 Å². The van der Waals surface area contributed by atoms with E-state index >= 15 is 0 Å². The van der Waals surface area contributed by atoms with Crippen molar-refractivity contribution in [2.45, 2.75) is 71.1 Å². The van der Waals surface area contributed by atoms with Crippen LogP contribution in [0, 0.1) is 5.41 Å². The summed E-state index contributed by atoms with van der Waals surface area (Å²) in [6.45, 7) is 1.92. The van der Waals surface area contributed by atoms with Gasteiger partial charge in [-0.1, -0.05) is 58.3 Å². The molecule has 128 valence electrons. The molecular formula is C16H31N3O3. The average Bonchev–Trinajstić information content (AvgIpc) is 2.44. The molecule has 0 aliphatic rings. The summed E-state index contributed by atoms with van der Waals surface area (Å²) in [4.78, 5) is 23.3. The lowest BCUT2D eigenvalue weighted by Gasteiger charge is -2.17. The summed E-state index contributed by atoms with van der Waals surface area (Å²) in [6, 6.07) is 0. The highest BCUT2D eigenvalue weighted by Gasteiger charge is 2.11. The summed E-state index contributed by atoms with van der Waals surface area (Å²) in [5, 5.41) is 18.6. The van der Waals surface area contributed by atoms with Crippen molar-refractivity contribution in [3.8, 4) is 0 Å². The molecule has 0 radical (unpaired) electrons. The molecule has 0 atom stereocenters. The first-order valence-electron chi connectivity index (χ1n) is 8.28. The fraction of sp³-hybridized carbons (Fsp3) is 0.812. The Balaban J connectivity index is 3.53. The zero-order chi connectivity index (χ0) is 16.8. The molecule has 0 heterocycles. The monoisotopic (exact) mass is 313 g/mol. The van der Waals surface area contributed by atoms with E-state index in [1.165, 1.54) is 50.5 Å². The van der Waals surface area contributed by atoms with Crippen LogP contribution >= 0.6 is 0 Å². The third-order valence-corrected chi connectivity index (χ3v) is 3.52. The number of carboxylic acids is 1. The normalized spacial score (nSPS) is 10.3. The molecule has 0 bridgehead atoms. The summed E-state index contributed by atoms with van der Waals surface area (Å²) < 4.78 is 0. The molecule has 0 fully saturated rings. The van der Waals surface area contributed by atoms with Gasteiger partial charge in [0, 0.05) is 13.5 Å². The molecule has 22 heavy (non-hydrogen) atoms. The molecule has 0 saturated heterocycles.